The molecule has 5 heteroatoms. The third-order valence-corrected chi connectivity index (χ3v) is 5.00. The van der Waals surface area contributed by atoms with Crippen molar-refractivity contribution < 1.29 is 9.90 Å². The van der Waals surface area contributed by atoms with Gasteiger partial charge in [0, 0.05) is 31.9 Å². The normalized spacial score (nSPS) is 25.7. The zero-order valence-electron chi connectivity index (χ0n) is 13.8. The number of hydrogen-bond donors (Lipinski definition) is 1. The van der Waals surface area contributed by atoms with Crippen molar-refractivity contribution in [1.29, 1.82) is 0 Å². The van der Waals surface area contributed by atoms with Crippen LogP contribution in [0.1, 0.15) is 37.7 Å². The molecule has 2 aliphatic heterocycles. The number of hydrogen-bond acceptors (Lipinski definition) is 4. The Hall–Kier alpha value is -1.46. The Morgan fingerprint density at radius 2 is 1.91 bits per heavy atom. The first-order valence-electron chi connectivity index (χ1n) is 8.76. The Bertz CT molecular complexity index is 516. The molecule has 1 aromatic heterocycles. The topological polar surface area (TPSA) is 56.7 Å². The maximum atomic E-state index is 12.5. The maximum Gasteiger partial charge on any atom is 0.223 e. The molecule has 0 aromatic carbocycles. The van der Waals surface area contributed by atoms with E-state index in [0.717, 1.165) is 44.5 Å². The molecule has 23 heavy (non-hydrogen) atoms. The molecule has 0 bridgehead atoms. The largest absolute Gasteiger partial charge is 0.387 e. The second-order valence-electron chi connectivity index (χ2n) is 6.98. The smallest absolute Gasteiger partial charge is 0.223 e. The fraction of sp³-hybridized carbons (Fsp3) is 0.667. The van der Waals surface area contributed by atoms with Crippen molar-refractivity contribution in [2.24, 2.45) is 0 Å². The molecule has 0 unspecified atom stereocenters. The molecule has 1 aromatic rings. The lowest BCUT2D eigenvalue weighted by atomic mass is 9.92. The summed E-state index contributed by atoms with van der Waals surface area (Å²) in [5.41, 5.74) is 0.409. The zero-order chi connectivity index (χ0) is 16.1. The third-order valence-electron chi connectivity index (χ3n) is 5.00. The van der Waals surface area contributed by atoms with E-state index in [0.29, 0.717) is 19.5 Å². The predicted octanol–water partition coefficient (Wildman–Crippen LogP) is 1.46. The number of β-amino-alcohol motifs (C(OH)–C–C–N with tert-alkyl or cyclic N) is 1. The minimum Gasteiger partial charge on any atom is -0.387 e. The van der Waals surface area contributed by atoms with Crippen molar-refractivity contribution in [3.8, 4) is 0 Å². The molecule has 1 atom stereocenters. The molecule has 1 N–H and O–H groups in total. The fourth-order valence-electron chi connectivity index (χ4n) is 3.77. The first kappa shape index (κ1) is 16.4. The highest BCUT2D eigenvalue weighted by Crippen LogP contribution is 2.24. The Kier molecular flexibility index (Phi) is 5.28. The minimum atomic E-state index is -0.727. The average molecular weight is 317 g/mol. The molecule has 2 saturated heterocycles. The average Bonchev–Trinajstić information content (AvgIpc) is 3.06. The van der Waals surface area contributed by atoms with Crippen LogP contribution in [-0.2, 0) is 11.2 Å². The van der Waals surface area contributed by atoms with E-state index in [4.69, 9.17) is 0 Å². The van der Waals surface area contributed by atoms with E-state index in [9.17, 15) is 9.90 Å². The van der Waals surface area contributed by atoms with Crippen molar-refractivity contribution in [1.82, 2.24) is 14.8 Å². The quantitative estimate of drug-likeness (QED) is 0.893. The number of rotatable bonds is 5. The molecule has 0 saturated carbocycles. The van der Waals surface area contributed by atoms with Crippen LogP contribution in [0, 0.1) is 0 Å². The number of aromatic nitrogens is 1. The van der Waals surface area contributed by atoms with Crippen molar-refractivity contribution in [2.45, 2.75) is 44.1 Å². The SMILES string of the molecule is O=C(CCc1ccncc1)N1CCC[C@](O)(CN2CCCC2)C1. The Morgan fingerprint density at radius 1 is 1.17 bits per heavy atom. The van der Waals surface area contributed by atoms with Gasteiger partial charge in [-0.15, -0.1) is 0 Å². The molecule has 5 nitrogen and oxygen atoms in total. The predicted molar refractivity (Wildman–Crippen MR) is 89.0 cm³/mol. The minimum absolute atomic E-state index is 0.154. The Morgan fingerprint density at radius 3 is 2.65 bits per heavy atom. The van der Waals surface area contributed by atoms with Gasteiger partial charge in [-0.1, -0.05) is 0 Å². The summed E-state index contributed by atoms with van der Waals surface area (Å²) in [5.74, 6) is 0.154. The number of piperidine rings is 1. The van der Waals surface area contributed by atoms with Gasteiger partial charge in [-0.05, 0) is 62.9 Å². The zero-order valence-corrected chi connectivity index (χ0v) is 13.8. The molecule has 1 amide bonds. The van der Waals surface area contributed by atoms with Gasteiger partial charge in [0.15, 0.2) is 0 Å². The standard InChI is InChI=1S/C18H27N3O2/c22-17(5-4-16-6-9-19-10-7-16)21-13-3-8-18(23,15-21)14-20-11-1-2-12-20/h6-7,9-10,23H,1-5,8,11-15H2/t18-/m0/s1. The van der Waals surface area contributed by atoms with Gasteiger partial charge in [-0.3, -0.25) is 9.78 Å². The highest BCUT2D eigenvalue weighted by Gasteiger charge is 2.36. The van der Waals surface area contributed by atoms with E-state index in [1.54, 1.807) is 12.4 Å². The maximum absolute atomic E-state index is 12.5. The molecule has 0 radical (unpaired) electrons. The molecule has 2 fully saturated rings. The Balaban J connectivity index is 1.51. The van der Waals surface area contributed by atoms with Crippen molar-refractivity contribution in [2.75, 3.05) is 32.7 Å². The van der Waals surface area contributed by atoms with Crippen LogP contribution in [0.15, 0.2) is 24.5 Å². The molecular formula is C18H27N3O2. The molecule has 126 valence electrons. The summed E-state index contributed by atoms with van der Waals surface area (Å²) >= 11 is 0. The monoisotopic (exact) mass is 317 g/mol. The van der Waals surface area contributed by atoms with Crippen LogP contribution in [0.25, 0.3) is 0 Å². The van der Waals surface area contributed by atoms with E-state index in [2.05, 4.69) is 9.88 Å². The lowest BCUT2D eigenvalue weighted by Gasteiger charge is -2.41. The number of amides is 1. The lowest BCUT2D eigenvalue weighted by molar-refractivity contribution is -0.139. The van der Waals surface area contributed by atoms with Gasteiger partial charge in [0.2, 0.25) is 5.91 Å². The van der Waals surface area contributed by atoms with Crippen LogP contribution in [0.5, 0.6) is 0 Å². The molecule has 2 aliphatic rings. The number of carbonyl (C=O) groups excluding carboxylic acids is 1. The van der Waals surface area contributed by atoms with Crippen LogP contribution in [0.2, 0.25) is 0 Å². The number of likely N-dealkylation sites (tertiary alicyclic amines) is 2. The summed E-state index contributed by atoms with van der Waals surface area (Å²) in [6, 6.07) is 3.90. The van der Waals surface area contributed by atoms with Crippen LogP contribution in [0.4, 0.5) is 0 Å². The van der Waals surface area contributed by atoms with Gasteiger partial charge in [0.25, 0.3) is 0 Å². The van der Waals surface area contributed by atoms with Crippen LogP contribution < -0.4 is 0 Å². The van der Waals surface area contributed by atoms with Crippen molar-refractivity contribution in [3.63, 3.8) is 0 Å². The highest BCUT2D eigenvalue weighted by atomic mass is 16.3. The van der Waals surface area contributed by atoms with E-state index < -0.39 is 5.60 Å². The lowest BCUT2D eigenvalue weighted by Crippen LogP contribution is -2.55. The summed E-state index contributed by atoms with van der Waals surface area (Å²) in [5, 5.41) is 10.9. The number of nitrogens with zero attached hydrogens (tertiary/aromatic N) is 3. The van der Waals surface area contributed by atoms with E-state index in [1.165, 1.54) is 12.8 Å². The van der Waals surface area contributed by atoms with Crippen molar-refractivity contribution in [3.05, 3.63) is 30.1 Å². The number of carbonyl (C=O) groups is 1. The van der Waals surface area contributed by atoms with Gasteiger partial charge in [-0.2, -0.15) is 0 Å². The Labute approximate surface area is 138 Å². The molecular weight excluding hydrogens is 290 g/mol. The second-order valence-corrected chi connectivity index (χ2v) is 6.98. The van der Waals surface area contributed by atoms with Crippen LogP contribution in [-0.4, -0.2) is 64.1 Å². The van der Waals surface area contributed by atoms with E-state index in [-0.39, 0.29) is 5.91 Å². The van der Waals surface area contributed by atoms with E-state index in [1.807, 2.05) is 17.0 Å². The summed E-state index contributed by atoms with van der Waals surface area (Å²) in [7, 11) is 0. The van der Waals surface area contributed by atoms with Gasteiger partial charge < -0.3 is 14.9 Å². The summed E-state index contributed by atoms with van der Waals surface area (Å²) in [6.45, 7) is 4.13. The van der Waals surface area contributed by atoms with Gasteiger partial charge in [0.1, 0.15) is 0 Å². The van der Waals surface area contributed by atoms with Gasteiger partial charge >= 0.3 is 0 Å². The second kappa shape index (κ2) is 7.41. The van der Waals surface area contributed by atoms with Gasteiger partial charge in [0.05, 0.1) is 12.1 Å². The summed E-state index contributed by atoms with van der Waals surface area (Å²) < 4.78 is 0. The summed E-state index contributed by atoms with van der Waals surface area (Å²) in [6.07, 6.45) is 8.91. The van der Waals surface area contributed by atoms with Crippen LogP contribution in [0.3, 0.4) is 0 Å². The first-order valence-corrected chi connectivity index (χ1v) is 8.76. The highest BCUT2D eigenvalue weighted by molar-refractivity contribution is 5.76. The molecule has 0 spiro atoms. The van der Waals surface area contributed by atoms with Crippen molar-refractivity contribution >= 4 is 5.91 Å². The van der Waals surface area contributed by atoms with Gasteiger partial charge in [-0.25, -0.2) is 0 Å². The number of aliphatic hydroxyl groups is 1. The first-order chi connectivity index (χ1) is 11.1. The summed E-state index contributed by atoms with van der Waals surface area (Å²) in [4.78, 5) is 20.7. The fourth-order valence-corrected chi connectivity index (χ4v) is 3.77. The van der Waals surface area contributed by atoms with E-state index >= 15 is 0 Å². The van der Waals surface area contributed by atoms with Crippen LogP contribution >= 0.6 is 0 Å². The third kappa shape index (κ3) is 4.52. The molecule has 3 heterocycles. The number of pyridine rings is 1. The molecule has 0 aliphatic carbocycles. The number of aryl methyl sites for hydroxylation is 1. The molecule has 3 rings (SSSR count).